The number of nitrogen functional groups attached to an aromatic ring is 1. The van der Waals surface area contributed by atoms with Gasteiger partial charge in [0.05, 0.1) is 16.4 Å². The molecule has 2 aromatic rings. The number of aromatic nitrogens is 1. The molecule has 0 amide bonds. The summed E-state index contributed by atoms with van der Waals surface area (Å²) in [6.07, 6.45) is 3.49. The summed E-state index contributed by atoms with van der Waals surface area (Å²) in [5.74, 6) is 11.7. The van der Waals surface area contributed by atoms with Crippen molar-refractivity contribution in [3.63, 3.8) is 0 Å². The van der Waals surface area contributed by atoms with E-state index in [9.17, 15) is 0 Å². The van der Waals surface area contributed by atoms with Crippen molar-refractivity contribution >= 4 is 23.0 Å². The summed E-state index contributed by atoms with van der Waals surface area (Å²) in [5, 5.41) is 1.83. The summed E-state index contributed by atoms with van der Waals surface area (Å²) in [6.45, 7) is 1.97. The summed E-state index contributed by atoms with van der Waals surface area (Å²) in [7, 11) is 1.70. The van der Waals surface area contributed by atoms with Crippen LogP contribution < -0.4 is 16.6 Å². The molecule has 1 heterocycles. The molecule has 0 aliphatic heterocycles. The molecule has 0 fully saturated rings. The third kappa shape index (κ3) is 3.02. The van der Waals surface area contributed by atoms with E-state index in [2.05, 4.69) is 16.8 Å². The molecule has 0 unspecified atom stereocenters. The zero-order valence-corrected chi connectivity index (χ0v) is 12.1. The lowest BCUT2D eigenvalue weighted by Crippen LogP contribution is -2.26. The van der Waals surface area contributed by atoms with Gasteiger partial charge in [-0.2, -0.15) is 0 Å². The highest BCUT2D eigenvalue weighted by molar-refractivity contribution is 6.35. The quantitative estimate of drug-likeness (QED) is 0.365. The van der Waals surface area contributed by atoms with Gasteiger partial charge in [0.15, 0.2) is 0 Å². The molecule has 20 heavy (non-hydrogen) atoms. The van der Waals surface area contributed by atoms with Gasteiger partial charge in [0.2, 0.25) is 0 Å². The molecule has 4 N–H and O–H groups in total. The zero-order valence-electron chi connectivity index (χ0n) is 11.3. The normalized spacial score (nSPS) is 9.80. The molecule has 0 bridgehead atoms. The fraction of sp³-hybridized carbons (Fsp3) is 0.133. The number of pyridine rings is 1. The third-order valence-electron chi connectivity index (χ3n) is 2.75. The lowest BCUT2D eigenvalue weighted by molar-refractivity contribution is 1.02. The molecule has 0 saturated carbocycles. The first-order valence-corrected chi connectivity index (χ1v) is 6.37. The number of rotatable bonds is 1. The standard InChI is InChI=1S/C15H15ClN4/c1-10-7-11(9-19-8-10)3-4-12-5-6-13(20(2)18)15(17)14(12)16/h5-9H,17-18H2,1-2H3. The van der Waals surface area contributed by atoms with Crippen LogP contribution in [0.4, 0.5) is 11.4 Å². The highest BCUT2D eigenvalue weighted by Gasteiger charge is 2.09. The van der Waals surface area contributed by atoms with Gasteiger partial charge in [-0.05, 0) is 30.7 Å². The van der Waals surface area contributed by atoms with Crippen molar-refractivity contribution in [2.75, 3.05) is 17.8 Å². The van der Waals surface area contributed by atoms with Crippen LogP contribution in [0.5, 0.6) is 0 Å². The number of nitrogens with zero attached hydrogens (tertiary/aromatic N) is 2. The van der Waals surface area contributed by atoms with Gasteiger partial charge >= 0.3 is 0 Å². The molecule has 0 spiro atoms. The topological polar surface area (TPSA) is 68.2 Å². The van der Waals surface area contributed by atoms with Crippen LogP contribution in [0.15, 0.2) is 30.6 Å². The minimum Gasteiger partial charge on any atom is -0.396 e. The Balaban J connectivity index is 2.39. The maximum atomic E-state index is 6.21. The highest BCUT2D eigenvalue weighted by Crippen LogP contribution is 2.31. The maximum Gasteiger partial charge on any atom is 0.0813 e. The Bertz CT molecular complexity index is 699. The molecule has 1 aromatic carbocycles. The van der Waals surface area contributed by atoms with E-state index in [1.807, 2.05) is 13.0 Å². The molecule has 0 saturated heterocycles. The van der Waals surface area contributed by atoms with Gasteiger partial charge in [0, 0.05) is 30.6 Å². The van der Waals surface area contributed by atoms with Gasteiger partial charge in [-0.15, -0.1) is 0 Å². The molecule has 4 nitrogen and oxygen atoms in total. The summed E-state index contributed by atoms with van der Waals surface area (Å²) in [6, 6.07) is 5.55. The lowest BCUT2D eigenvalue weighted by Gasteiger charge is -2.16. The van der Waals surface area contributed by atoms with E-state index >= 15 is 0 Å². The van der Waals surface area contributed by atoms with Crippen LogP contribution in [-0.4, -0.2) is 12.0 Å². The van der Waals surface area contributed by atoms with Gasteiger partial charge < -0.3 is 10.7 Å². The minimum absolute atomic E-state index is 0.410. The Morgan fingerprint density at radius 3 is 2.65 bits per heavy atom. The number of halogens is 1. The third-order valence-corrected chi connectivity index (χ3v) is 3.16. The summed E-state index contributed by atoms with van der Waals surface area (Å²) in [4.78, 5) is 4.09. The van der Waals surface area contributed by atoms with Crippen molar-refractivity contribution in [2.45, 2.75) is 6.92 Å². The number of nitrogens with two attached hydrogens (primary N) is 2. The Hall–Kier alpha value is -2.22. The number of aryl methyl sites for hydroxylation is 1. The van der Waals surface area contributed by atoms with Crippen molar-refractivity contribution in [3.05, 3.63) is 52.3 Å². The van der Waals surface area contributed by atoms with Crippen LogP contribution in [0.2, 0.25) is 5.02 Å². The Morgan fingerprint density at radius 2 is 2.00 bits per heavy atom. The summed E-state index contributed by atoms with van der Waals surface area (Å²) >= 11 is 6.21. The smallest absolute Gasteiger partial charge is 0.0813 e. The number of hydrogen-bond donors (Lipinski definition) is 2. The fourth-order valence-electron chi connectivity index (χ4n) is 1.75. The van der Waals surface area contributed by atoms with Gasteiger partial charge in [-0.1, -0.05) is 23.4 Å². The van der Waals surface area contributed by atoms with E-state index in [0.29, 0.717) is 22.0 Å². The number of hydrazine groups is 1. The first-order valence-electron chi connectivity index (χ1n) is 5.99. The highest BCUT2D eigenvalue weighted by atomic mass is 35.5. The molecule has 0 aliphatic rings. The molecule has 5 heteroatoms. The van der Waals surface area contributed by atoms with Gasteiger partial charge in [0.1, 0.15) is 0 Å². The van der Waals surface area contributed by atoms with E-state index in [1.165, 1.54) is 5.01 Å². The van der Waals surface area contributed by atoms with E-state index in [0.717, 1.165) is 11.1 Å². The number of hydrogen-bond acceptors (Lipinski definition) is 4. The second kappa shape index (κ2) is 5.83. The maximum absolute atomic E-state index is 6.21. The summed E-state index contributed by atoms with van der Waals surface area (Å²) < 4.78 is 0. The van der Waals surface area contributed by atoms with Gasteiger partial charge in [0.25, 0.3) is 0 Å². The van der Waals surface area contributed by atoms with Gasteiger partial charge in [-0.3, -0.25) is 4.98 Å². The Labute approximate surface area is 123 Å². The van der Waals surface area contributed by atoms with E-state index in [4.69, 9.17) is 23.2 Å². The van der Waals surface area contributed by atoms with E-state index in [-0.39, 0.29) is 0 Å². The second-order valence-corrected chi connectivity index (χ2v) is 4.85. The van der Waals surface area contributed by atoms with Crippen molar-refractivity contribution < 1.29 is 0 Å². The first kappa shape index (κ1) is 14.2. The lowest BCUT2D eigenvalue weighted by atomic mass is 10.1. The van der Waals surface area contributed by atoms with Crippen LogP contribution in [0.1, 0.15) is 16.7 Å². The van der Waals surface area contributed by atoms with Crippen LogP contribution in [0.3, 0.4) is 0 Å². The minimum atomic E-state index is 0.410. The predicted octanol–water partition coefficient (Wildman–Crippen LogP) is 2.34. The SMILES string of the molecule is Cc1cncc(C#Cc2ccc(N(C)N)c(N)c2Cl)c1. The predicted molar refractivity (Wildman–Crippen MR) is 83.4 cm³/mol. The average Bonchev–Trinajstić information content (AvgIpc) is 2.40. The molecule has 2 rings (SSSR count). The molecule has 0 atom stereocenters. The Morgan fingerprint density at radius 1 is 1.25 bits per heavy atom. The second-order valence-electron chi connectivity index (χ2n) is 4.47. The van der Waals surface area contributed by atoms with Crippen molar-refractivity contribution in [3.8, 4) is 11.8 Å². The molecule has 0 aliphatic carbocycles. The number of anilines is 2. The molecular formula is C15H15ClN4. The van der Waals surface area contributed by atoms with Gasteiger partial charge in [-0.25, -0.2) is 5.84 Å². The monoisotopic (exact) mass is 286 g/mol. The number of benzene rings is 1. The summed E-state index contributed by atoms with van der Waals surface area (Å²) in [5.41, 5.74) is 9.58. The fourth-order valence-corrected chi connectivity index (χ4v) is 1.96. The van der Waals surface area contributed by atoms with Crippen molar-refractivity contribution in [2.24, 2.45) is 5.84 Å². The molecule has 0 radical (unpaired) electrons. The van der Waals surface area contributed by atoms with Crippen LogP contribution in [-0.2, 0) is 0 Å². The van der Waals surface area contributed by atoms with Crippen LogP contribution in [0, 0.1) is 18.8 Å². The molecule has 102 valence electrons. The average molecular weight is 287 g/mol. The van der Waals surface area contributed by atoms with E-state index < -0.39 is 0 Å². The van der Waals surface area contributed by atoms with E-state index in [1.54, 1.807) is 31.6 Å². The first-order chi connectivity index (χ1) is 9.49. The largest absolute Gasteiger partial charge is 0.396 e. The zero-order chi connectivity index (χ0) is 14.7. The Kier molecular flexibility index (Phi) is 4.14. The molecular weight excluding hydrogens is 272 g/mol. The molecule has 1 aromatic heterocycles. The van der Waals surface area contributed by atoms with Crippen LogP contribution in [0.25, 0.3) is 0 Å². The van der Waals surface area contributed by atoms with Crippen molar-refractivity contribution in [1.82, 2.24) is 4.98 Å². The van der Waals surface area contributed by atoms with Crippen LogP contribution >= 0.6 is 11.6 Å². The van der Waals surface area contributed by atoms with Crippen molar-refractivity contribution in [1.29, 1.82) is 0 Å².